The molecule has 0 aliphatic heterocycles. The Kier molecular flexibility index (Phi) is 5.33. The van der Waals surface area contributed by atoms with Crippen LogP contribution in [0.4, 0.5) is 0 Å². The van der Waals surface area contributed by atoms with Gasteiger partial charge < -0.3 is 15.3 Å². The first-order valence-corrected chi connectivity index (χ1v) is 9.50. The van der Waals surface area contributed by atoms with E-state index in [4.69, 9.17) is 0 Å². The Labute approximate surface area is 145 Å². The van der Waals surface area contributed by atoms with Crippen molar-refractivity contribution in [2.24, 2.45) is 17.3 Å². The summed E-state index contributed by atoms with van der Waals surface area (Å²) in [6, 6.07) is 0. The number of hydrogen-bond donors (Lipinski definition) is 3. The summed E-state index contributed by atoms with van der Waals surface area (Å²) in [5.74, 6) is 0.714. The summed E-state index contributed by atoms with van der Waals surface area (Å²) in [5.41, 5.74) is 3.94. The smallest absolute Gasteiger partial charge is 0.0804 e. The third-order valence-corrected chi connectivity index (χ3v) is 6.88. The first kappa shape index (κ1) is 17.9. The van der Waals surface area contributed by atoms with Gasteiger partial charge in [-0.1, -0.05) is 36.8 Å². The van der Waals surface area contributed by atoms with Crippen molar-refractivity contribution in [1.29, 1.82) is 0 Å². The van der Waals surface area contributed by atoms with Crippen LogP contribution < -0.4 is 0 Å². The van der Waals surface area contributed by atoms with Gasteiger partial charge in [0.05, 0.1) is 18.8 Å². The molecule has 0 heterocycles. The molecule has 0 unspecified atom stereocenters. The van der Waals surface area contributed by atoms with Crippen molar-refractivity contribution in [1.82, 2.24) is 0 Å². The molecule has 0 radical (unpaired) electrons. The van der Waals surface area contributed by atoms with Crippen molar-refractivity contribution in [2.45, 2.75) is 70.5 Å². The molecule has 3 aliphatic carbocycles. The summed E-state index contributed by atoms with van der Waals surface area (Å²) in [7, 11) is 0. The van der Waals surface area contributed by atoms with Crippen LogP contribution in [0.3, 0.4) is 0 Å². The van der Waals surface area contributed by atoms with Crippen molar-refractivity contribution in [3.8, 4) is 0 Å². The summed E-state index contributed by atoms with van der Waals surface area (Å²) < 4.78 is 0. The number of aliphatic hydroxyl groups is 3. The van der Waals surface area contributed by atoms with Crippen molar-refractivity contribution in [3.63, 3.8) is 0 Å². The second-order valence-electron chi connectivity index (χ2n) is 8.28. The first-order chi connectivity index (χ1) is 11.5. The molecule has 134 valence electrons. The number of allylic oxidation sites excluding steroid dienone is 4. The minimum atomic E-state index is -0.592. The molecule has 3 aliphatic rings. The number of rotatable bonds is 3. The largest absolute Gasteiger partial charge is 0.394 e. The lowest BCUT2D eigenvalue weighted by Gasteiger charge is -2.43. The van der Waals surface area contributed by atoms with Crippen LogP contribution in [0.25, 0.3) is 0 Å². The van der Waals surface area contributed by atoms with E-state index >= 15 is 0 Å². The van der Waals surface area contributed by atoms with Gasteiger partial charge >= 0.3 is 0 Å². The van der Waals surface area contributed by atoms with Crippen LogP contribution in [0.2, 0.25) is 0 Å². The van der Waals surface area contributed by atoms with Crippen LogP contribution in [0.5, 0.6) is 0 Å². The molecular weight excluding hydrogens is 300 g/mol. The summed E-state index contributed by atoms with van der Waals surface area (Å²) in [4.78, 5) is 0. The summed E-state index contributed by atoms with van der Waals surface area (Å²) >= 11 is 0. The Hall–Kier alpha value is -0.900. The van der Waals surface area contributed by atoms with Gasteiger partial charge in [-0.15, -0.1) is 0 Å². The second-order valence-corrected chi connectivity index (χ2v) is 8.28. The summed E-state index contributed by atoms with van der Waals surface area (Å²) in [5, 5.41) is 29.5. The maximum atomic E-state index is 10.2. The molecule has 24 heavy (non-hydrogen) atoms. The fourth-order valence-corrected chi connectivity index (χ4v) is 5.43. The van der Waals surface area contributed by atoms with E-state index in [-0.39, 0.29) is 24.0 Å². The molecule has 0 spiro atoms. The molecule has 0 amide bonds. The number of aliphatic hydroxyl groups excluding tert-OH is 3. The van der Waals surface area contributed by atoms with Gasteiger partial charge in [-0.3, -0.25) is 0 Å². The minimum absolute atomic E-state index is 0.105. The predicted octanol–water partition coefficient (Wildman–Crippen LogP) is 3.51. The van der Waals surface area contributed by atoms with E-state index in [0.717, 1.165) is 56.9 Å². The Morgan fingerprint density at radius 2 is 2.04 bits per heavy atom. The van der Waals surface area contributed by atoms with Crippen molar-refractivity contribution >= 4 is 0 Å². The molecule has 3 N–H and O–H groups in total. The summed E-state index contributed by atoms with van der Waals surface area (Å²) in [6.45, 7) is 6.32. The molecule has 3 nitrogen and oxygen atoms in total. The van der Waals surface area contributed by atoms with Crippen LogP contribution in [0.15, 0.2) is 35.5 Å². The first-order valence-electron chi connectivity index (χ1n) is 9.50. The molecule has 0 aromatic rings. The Morgan fingerprint density at radius 1 is 1.25 bits per heavy atom. The SMILES string of the molecule is C=C1CC[C@@H](O)CC1=CC=C1CCC[C@]2(C)[C@@H]([C@H](O)CO)CC[C@@H]12. The molecule has 0 saturated heterocycles. The normalized spacial score (nSPS) is 41.7. The topological polar surface area (TPSA) is 60.7 Å². The number of hydrogen-bond acceptors (Lipinski definition) is 3. The zero-order valence-corrected chi connectivity index (χ0v) is 14.9. The molecular formula is C21H32O3. The average Bonchev–Trinajstić information content (AvgIpc) is 2.92. The van der Waals surface area contributed by atoms with Gasteiger partial charge in [0.15, 0.2) is 0 Å². The molecule has 3 fully saturated rings. The van der Waals surface area contributed by atoms with Crippen molar-refractivity contribution in [2.75, 3.05) is 6.61 Å². The molecule has 0 bridgehead atoms. The van der Waals surface area contributed by atoms with Gasteiger partial charge in [0.25, 0.3) is 0 Å². The van der Waals surface area contributed by atoms with Crippen LogP contribution in [-0.2, 0) is 0 Å². The van der Waals surface area contributed by atoms with E-state index in [1.165, 1.54) is 11.1 Å². The Morgan fingerprint density at radius 3 is 2.79 bits per heavy atom. The van der Waals surface area contributed by atoms with E-state index in [2.05, 4.69) is 25.7 Å². The van der Waals surface area contributed by atoms with Crippen LogP contribution >= 0.6 is 0 Å². The predicted molar refractivity (Wildman–Crippen MR) is 96.4 cm³/mol. The minimum Gasteiger partial charge on any atom is -0.394 e. The maximum Gasteiger partial charge on any atom is 0.0804 e. The van der Waals surface area contributed by atoms with Gasteiger partial charge in [0.1, 0.15) is 0 Å². The van der Waals surface area contributed by atoms with Gasteiger partial charge in [-0.05, 0) is 74.2 Å². The highest BCUT2D eigenvalue weighted by Crippen LogP contribution is 2.58. The molecule has 5 atom stereocenters. The van der Waals surface area contributed by atoms with Crippen LogP contribution in [-0.4, -0.2) is 34.1 Å². The van der Waals surface area contributed by atoms with Crippen molar-refractivity contribution < 1.29 is 15.3 Å². The molecule has 3 saturated carbocycles. The summed E-state index contributed by atoms with van der Waals surface area (Å²) in [6.07, 6.45) is 11.6. The zero-order valence-electron chi connectivity index (χ0n) is 14.9. The maximum absolute atomic E-state index is 10.2. The van der Waals surface area contributed by atoms with Crippen molar-refractivity contribution in [3.05, 3.63) is 35.5 Å². The highest BCUT2D eigenvalue weighted by molar-refractivity contribution is 5.36. The van der Waals surface area contributed by atoms with E-state index in [0.29, 0.717) is 5.92 Å². The lowest BCUT2D eigenvalue weighted by Crippen LogP contribution is -2.40. The lowest BCUT2D eigenvalue weighted by atomic mass is 9.62. The second kappa shape index (κ2) is 7.15. The number of fused-ring (bicyclic) bond motifs is 1. The third-order valence-electron chi connectivity index (χ3n) is 6.88. The quantitative estimate of drug-likeness (QED) is 0.741. The molecule has 0 aromatic heterocycles. The van der Waals surface area contributed by atoms with E-state index < -0.39 is 6.10 Å². The molecule has 3 rings (SSSR count). The lowest BCUT2D eigenvalue weighted by molar-refractivity contribution is -0.0125. The highest BCUT2D eigenvalue weighted by Gasteiger charge is 2.51. The molecule has 3 heteroatoms. The monoisotopic (exact) mass is 332 g/mol. The van der Waals surface area contributed by atoms with Crippen LogP contribution in [0, 0.1) is 17.3 Å². The van der Waals surface area contributed by atoms with Gasteiger partial charge in [-0.25, -0.2) is 0 Å². The van der Waals surface area contributed by atoms with Crippen LogP contribution in [0.1, 0.15) is 58.3 Å². The Balaban J connectivity index is 1.81. The van der Waals surface area contributed by atoms with Gasteiger partial charge in [0.2, 0.25) is 0 Å². The molecule has 0 aromatic carbocycles. The zero-order chi connectivity index (χ0) is 17.3. The highest BCUT2D eigenvalue weighted by atomic mass is 16.3. The average molecular weight is 332 g/mol. The van der Waals surface area contributed by atoms with Gasteiger partial charge in [0, 0.05) is 0 Å². The third kappa shape index (κ3) is 3.26. The van der Waals surface area contributed by atoms with E-state index in [9.17, 15) is 15.3 Å². The fourth-order valence-electron chi connectivity index (χ4n) is 5.43. The fraction of sp³-hybridized carbons (Fsp3) is 0.714. The van der Waals surface area contributed by atoms with E-state index in [1.54, 1.807) is 0 Å². The van der Waals surface area contributed by atoms with Gasteiger partial charge in [-0.2, -0.15) is 0 Å². The van der Waals surface area contributed by atoms with E-state index in [1.807, 2.05) is 0 Å². The Bertz CT molecular complexity index is 547. The standard InChI is InChI=1S/C21H32O3/c1-14-5-8-17(23)12-16(14)7-6-15-4-3-11-21(2)18(15)9-10-19(21)20(24)13-22/h6-7,17-20,22-24H,1,3-5,8-13H2,2H3/t17-,18+,19-,20-,21+/m1/s1.